The van der Waals surface area contributed by atoms with Crippen molar-refractivity contribution < 1.29 is 14.3 Å². The molecule has 1 aromatic carbocycles. The van der Waals surface area contributed by atoms with Crippen LogP contribution in [-0.4, -0.2) is 18.4 Å². The molecule has 1 aliphatic rings. The average Bonchev–Trinajstić information content (AvgIpc) is 2.99. The zero-order chi connectivity index (χ0) is 15.5. The predicted molar refractivity (Wildman–Crippen MR) is 86.8 cm³/mol. The van der Waals surface area contributed by atoms with Crippen LogP contribution in [0.1, 0.15) is 11.3 Å². The van der Waals surface area contributed by atoms with Gasteiger partial charge in [0, 0.05) is 17.4 Å². The lowest BCUT2D eigenvalue weighted by molar-refractivity contribution is -0.118. The summed E-state index contributed by atoms with van der Waals surface area (Å²) in [6, 6.07) is 7.16. The number of anilines is 2. The van der Waals surface area contributed by atoms with Gasteiger partial charge in [0.1, 0.15) is 5.75 Å². The lowest BCUT2D eigenvalue weighted by Gasteiger charge is -2.19. The Morgan fingerprint density at radius 1 is 1.45 bits per heavy atom. The summed E-state index contributed by atoms with van der Waals surface area (Å²) in [7, 11) is 0. The van der Waals surface area contributed by atoms with Crippen molar-refractivity contribution in [3.8, 4) is 5.75 Å². The standard InChI is InChI=1S/C15H13ClN2O3S/c16-10-6-12-13(21-8-15(20)18-12)7-11(10)17-14(19)4-3-9-2-1-5-22-9/h1-2,5-7H,3-4,8H2,(H,17,19)(H,18,20). The van der Waals surface area contributed by atoms with Crippen LogP contribution in [0.2, 0.25) is 5.02 Å². The molecule has 5 nitrogen and oxygen atoms in total. The lowest BCUT2D eigenvalue weighted by atomic mass is 10.2. The molecule has 2 heterocycles. The lowest BCUT2D eigenvalue weighted by Crippen LogP contribution is -2.25. The topological polar surface area (TPSA) is 67.4 Å². The maximum absolute atomic E-state index is 12.0. The van der Waals surface area contributed by atoms with Gasteiger partial charge >= 0.3 is 0 Å². The summed E-state index contributed by atoms with van der Waals surface area (Å²) < 4.78 is 5.31. The summed E-state index contributed by atoms with van der Waals surface area (Å²) in [5.74, 6) is 0.156. The van der Waals surface area contributed by atoms with Gasteiger partial charge in [0.2, 0.25) is 5.91 Å². The highest BCUT2D eigenvalue weighted by atomic mass is 35.5. The minimum absolute atomic E-state index is 0.0413. The van der Waals surface area contributed by atoms with Crippen molar-refractivity contribution in [1.29, 1.82) is 0 Å². The Kier molecular flexibility index (Phi) is 4.31. The number of amides is 2. The molecule has 3 rings (SSSR count). The number of benzene rings is 1. The quantitative estimate of drug-likeness (QED) is 0.900. The number of nitrogens with one attached hydrogen (secondary N) is 2. The highest BCUT2D eigenvalue weighted by molar-refractivity contribution is 7.09. The third kappa shape index (κ3) is 3.40. The molecule has 0 fully saturated rings. The van der Waals surface area contributed by atoms with Crippen molar-refractivity contribution in [3.63, 3.8) is 0 Å². The van der Waals surface area contributed by atoms with Crippen molar-refractivity contribution in [2.45, 2.75) is 12.8 Å². The molecule has 1 aromatic heterocycles. The maximum atomic E-state index is 12.0. The molecule has 0 saturated heterocycles. The van der Waals surface area contributed by atoms with Gasteiger partial charge in [0.25, 0.3) is 5.91 Å². The van der Waals surface area contributed by atoms with E-state index in [1.54, 1.807) is 23.5 Å². The van der Waals surface area contributed by atoms with Crippen LogP contribution in [0.15, 0.2) is 29.6 Å². The van der Waals surface area contributed by atoms with Gasteiger partial charge in [-0.2, -0.15) is 0 Å². The van der Waals surface area contributed by atoms with Gasteiger partial charge in [-0.05, 0) is 23.9 Å². The first-order valence-corrected chi connectivity index (χ1v) is 7.96. The van der Waals surface area contributed by atoms with Crippen molar-refractivity contribution in [2.75, 3.05) is 17.2 Å². The predicted octanol–water partition coefficient (Wildman–Crippen LogP) is 3.30. The summed E-state index contributed by atoms with van der Waals surface area (Å²) in [4.78, 5) is 24.4. The first kappa shape index (κ1) is 14.9. The third-order valence-electron chi connectivity index (χ3n) is 3.15. The summed E-state index contributed by atoms with van der Waals surface area (Å²) in [5, 5.41) is 7.78. The average molecular weight is 337 g/mol. The molecule has 2 amide bonds. The molecule has 0 spiro atoms. The molecule has 0 bridgehead atoms. The first-order chi connectivity index (χ1) is 10.6. The van der Waals surface area contributed by atoms with E-state index in [2.05, 4.69) is 10.6 Å². The Morgan fingerprint density at radius 3 is 3.09 bits per heavy atom. The Balaban J connectivity index is 1.67. The van der Waals surface area contributed by atoms with E-state index in [1.807, 2.05) is 17.5 Å². The zero-order valence-corrected chi connectivity index (χ0v) is 13.1. The smallest absolute Gasteiger partial charge is 0.262 e. The number of aryl methyl sites for hydroxylation is 1. The molecule has 0 aliphatic carbocycles. The van der Waals surface area contributed by atoms with E-state index < -0.39 is 0 Å². The largest absolute Gasteiger partial charge is 0.482 e. The van der Waals surface area contributed by atoms with E-state index in [4.69, 9.17) is 16.3 Å². The first-order valence-electron chi connectivity index (χ1n) is 6.70. The van der Waals surface area contributed by atoms with Crippen molar-refractivity contribution in [3.05, 3.63) is 39.5 Å². The van der Waals surface area contributed by atoms with E-state index in [1.165, 1.54) is 0 Å². The maximum Gasteiger partial charge on any atom is 0.262 e. The SMILES string of the molecule is O=C(CCc1cccs1)Nc1cc2c(cc1Cl)NC(=O)CO2. The molecular formula is C15H13ClN2O3S. The van der Waals surface area contributed by atoms with E-state index in [9.17, 15) is 9.59 Å². The fraction of sp³-hybridized carbons (Fsp3) is 0.200. The molecule has 0 atom stereocenters. The van der Waals surface area contributed by atoms with Crippen LogP contribution in [0.25, 0.3) is 0 Å². The fourth-order valence-corrected chi connectivity index (χ4v) is 3.02. The van der Waals surface area contributed by atoms with Crippen LogP contribution >= 0.6 is 22.9 Å². The molecule has 0 radical (unpaired) electrons. The molecule has 0 saturated carbocycles. The number of fused-ring (bicyclic) bond motifs is 1. The van der Waals surface area contributed by atoms with Gasteiger partial charge in [0.15, 0.2) is 6.61 Å². The zero-order valence-electron chi connectivity index (χ0n) is 11.5. The second kappa shape index (κ2) is 6.37. The van der Waals surface area contributed by atoms with E-state index in [0.717, 1.165) is 4.88 Å². The van der Waals surface area contributed by atoms with Gasteiger partial charge in [-0.1, -0.05) is 17.7 Å². The number of rotatable bonds is 4. The molecule has 2 aromatic rings. The van der Waals surface area contributed by atoms with Gasteiger partial charge in [-0.15, -0.1) is 11.3 Å². The van der Waals surface area contributed by atoms with Gasteiger partial charge in [0.05, 0.1) is 16.4 Å². The fourth-order valence-electron chi connectivity index (χ4n) is 2.10. The van der Waals surface area contributed by atoms with Crippen LogP contribution in [-0.2, 0) is 16.0 Å². The monoisotopic (exact) mass is 336 g/mol. The number of hydrogen-bond donors (Lipinski definition) is 2. The molecule has 0 unspecified atom stereocenters. The minimum Gasteiger partial charge on any atom is -0.482 e. The van der Waals surface area contributed by atoms with Gasteiger partial charge in [-0.3, -0.25) is 9.59 Å². The number of halogens is 1. The summed E-state index contributed by atoms with van der Waals surface area (Å²) in [6.45, 7) is -0.0413. The highest BCUT2D eigenvalue weighted by Crippen LogP contribution is 2.36. The van der Waals surface area contributed by atoms with Crippen LogP contribution in [0.5, 0.6) is 5.75 Å². The van der Waals surface area contributed by atoms with Crippen molar-refractivity contribution in [1.82, 2.24) is 0 Å². The molecule has 22 heavy (non-hydrogen) atoms. The van der Waals surface area contributed by atoms with Crippen molar-refractivity contribution in [2.24, 2.45) is 0 Å². The number of ether oxygens (including phenoxy) is 1. The Labute approximate surface area is 136 Å². The van der Waals surface area contributed by atoms with E-state index >= 15 is 0 Å². The number of hydrogen-bond acceptors (Lipinski definition) is 4. The second-order valence-electron chi connectivity index (χ2n) is 4.79. The molecule has 2 N–H and O–H groups in total. The Morgan fingerprint density at radius 2 is 2.32 bits per heavy atom. The highest BCUT2D eigenvalue weighted by Gasteiger charge is 2.19. The Bertz CT molecular complexity index is 716. The van der Waals surface area contributed by atoms with E-state index in [-0.39, 0.29) is 18.4 Å². The second-order valence-corrected chi connectivity index (χ2v) is 6.23. The van der Waals surface area contributed by atoms with E-state index in [0.29, 0.717) is 35.0 Å². The number of thiophene rings is 1. The third-order valence-corrected chi connectivity index (χ3v) is 4.40. The summed E-state index contributed by atoms with van der Waals surface area (Å²) in [5.41, 5.74) is 0.991. The van der Waals surface area contributed by atoms with Gasteiger partial charge < -0.3 is 15.4 Å². The van der Waals surface area contributed by atoms with Crippen LogP contribution in [0, 0.1) is 0 Å². The summed E-state index contributed by atoms with van der Waals surface area (Å²) in [6.07, 6.45) is 1.07. The normalized spacial score (nSPS) is 13.0. The molecular weight excluding hydrogens is 324 g/mol. The van der Waals surface area contributed by atoms with Crippen LogP contribution in [0.3, 0.4) is 0 Å². The Hall–Kier alpha value is -2.05. The number of carbonyl (C=O) groups excluding carboxylic acids is 2. The minimum atomic E-state index is -0.226. The molecule has 1 aliphatic heterocycles. The number of carbonyl (C=O) groups is 2. The van der Waals surface area contributed by atoms with Gasteiger partial charge in [-0.25, -0.2) is 0 Å². The molecule has 7 heteroatoms. The van der Waals surface area contributed by atoms with Crippen LogP contribution < -0.4 is 15.4 Å². The summed E-state index contributed by atoms with van der Waals surface area (Å²) >= 11 is 7.76. The van der Waals surface area contributed by atoms with Crippen molar-refractivity contribution >= 4 is 46.1 Å². The molecule has 114 valence electrons. The van der Waals surface area contributed by atoms with Crippen LogP contribution in [0.4, 0.5) is 11.4 Å².